The Morgan fingerprint density at radius 1 is 1.43 bits per heavy atom. The van der Waals surface area contributed by atoms with Crippen molar-refractivity contribution in [1.29, 1.82) is 0 Å². The van der Waals surface area contributed by atoms with Crippen LogP contribution >= 0.6 is 23.5 Å². The van der Waals surface area contributed by atoms with E-state index in [1.807, 2.05) is 4.72 Å². The van der Waals surface area contributed by atoms with Crippen molar-refractivity contribution in [2.75, 3.05) is 11.9 Å². The van der Waals surface area contributed by atoms with E-state index >= 15 is 0 Å². The number of halogens is 4. The third-order valence-corrected chi connectivity index (χ3v) is 2.60. The number of alkyl halides is 3. The summed E-state index contributed by atoms with van der Waals surface area (Å²) in [6.07, 6.45) is -5.48. The zero-order chi connectivity index (χ0) is 16.0. The van der Waals surface area contributed by atoms with E-state index in [1.165, 1.54) is 0 Å². The highest BCUT2D eigenvalue weighted by molar-refractivity contribution is 8.12. The minimum absolute atomic E-state index is 0.110. The van der Waals surface area contributed by atoms with Gasteiger partial charge in [-0.2, -0.15) is 13.2 Å². The van der Waals surface area contributed by atoms with Gasteiger partial charge in [0, 0.05) is 0 Å². The van der Waals surface area contributed by atoms with Gasteiger partial charge in [0.15, 0.2) is 0 Å². The van der Waals surface area contributed by atoms with Crippen molar-refractivity contribution < 1.29 is 27.5 Å². The number of nitrogens with one attached hydrogen (secondary N) is 2. The smallest absolute Gasteiger partial charge is 0.417 e. The average molecular weight is 344 g/mol. The van der Waals surface area contributed by atoms with E-state index in [4.69, 9.17) is 11.6 Å². The lowest BCUT2D eigenvalue weighted by Gasteiger charge is -2.10. The van der Waals surface area contributed by atoms with Crippen LogP contribution in [0.25, 0.3) is 0 Å². The molecule has 0 spiro atoms. The molecule has 2 N–H and O–H groups in total. The molecule has 11 heteroatoms. The summed E-state index contributed by atoms with van der Waals surface area (Å²) in [5.41, 5.74) is -1.05. The molecule has 6 nitrogen and oxygen atoms in total. The van der Waals surface area contributed by atoms with Gasteiger partial charge in [0.1, 0.15) is 11.0 Å². The molecule has 0 bridgehead atoms. The minimum Gasteiger partial charge on any atom is -0.449 e. The number of rotatable bonds is 2. The van der Waals surface area contributed by atoms with Crippen LogP contribution in [0, 0.1) is 0 Å². The second kappa shape index (κ2) is 7.36. The topological polar surface area (TPSA) is 80.3 Å². The average Bonchev–Trinajstić information content (AvgIpc) is 2.35. The van der Waals surface area contributed by atoms with Gasteiger partial charge in [-0.3, -0.25) is 14.8 Å². The Morgan fingerprint density at radius 3 is 2.67 bits per heavy atom. The van der Waals surface area contributed by atoms with Crippen molar-refractivity contribution in [3.63, 3.8) is 0 Å². The first-order chi connectivity index (χ1) is 9.72. The van der Waals surface area contributed by atoms with E-state index in [1.54, 1.807) is 6.92 Å². The standard InChI is InChI=1S/C10H9ClF3N3O3S/c1-2-20-8(18)17-21-9(19)16-7-4-5(10(12,13)14)3-6(11)15-7/h3-4H,2H2,1H3,(H,17,18)(H,15,16,19). The number of ether oxygens (including phenoxy) is 1. The van der Waals surface area contributed by atoms with Crippen LogP contribution in [-0.4, -0.2) is 22.9 Å². The number of aromatic nitrogens is 1. The summed E-state index contributed by atoms with van der Waals surface area (Å²) in [5.74, 6) is -0.391. The lowest BCUT2D eigenvalue weighted by Crippen LogP contribution is -2.21. The summed E-state index contributed by atoms with van der Waals surface area (Å²) in [7, 11) is 0. The van der Waals surface area contributed by atoms with Gasteiger partial charge in [-0.15, -0.1) is 0 Å². The Bertz CT molecular complexity index is 542. The quantitative estimate of drug-likeness (QED) is 0.632. The molecular formula is C10H9ClF3N3O3S. The molecular weight excluding hydrogens is 335 g/mol. The van der Waals surface area contributed by atoms with Gasteiger partial charge in [-0.25, -0.2) is 9.78 Å². The first kappa shape index (κ1) is 17.4. The van der Waals surface area contributed by atoms with Gasteiger partial charge in [0.25, 0.3) is 0 Å². The Labute approximate surface area is 126 Å². The number of hydrogen-bond acceptors (Lipinski definition) is 5. The number of carbonyl (C=O) groups excluding carboxylic acids is 2. The highest BCUT2D eigenvalue weighted by Crippen LogP contribution is 2.32. The van der Waals surface area contributed by atoms with Crippen LogP contribution in [-0.2, 0) is 10.9 Å². The van der Waals surface area contributed by atoms with Crippen LogP contribution in [0.15, 0.2) is 12.1 Å². The molecule has 1 rings (SSSR count). The molecule has 2 amide bonds. The zero-order valence-electron chi connectivity index (χ0n) is 10.5. The maximum Gasteiger partial charge on any atom is 0.417 e. The van der Waals surface area contributed by atoms with Gasteiger partial charge in [0.05, 0.1) is 24.1 Å². The van der Waals surface area contributed by atoms with Crippen molar-refractivity contribution in [3.8, 4) is 0 Å². The molecule has 0 aliphatic rings. The van der Waals surface area contributed by atoms with Gasteiger partial charge in [0.2, 0.25) is 0 Å². The molecule has 0 aromatic carbocycles. The number of anilines is 1. The molecule has 0 aliphatic carbocycles. The molecule has 0 fully saturated rings. The van der Waals surface area contributed by atoms with Gasteiger partial charge >= 0.3 is 17.5 Å². The van der Waals surface area contributed by atoms with Crippen molar-refractivity contribution in [2.24, 2.45) is 0 Å². The molecule has 0 atom stereocenters. The Morgan fingerprint density at radius 2 is 2.10 bits per heavy atom. The fourth-order valence-corrected chi connectivity index (χ4v) is 1.70. The van der Waals surface area contributed by atoms with Gasteiger partial charge in [-0.05, 0) is 19.1 Å². The summed E-state index contributed by atoms with van der Waals surface area (Å²) in [5, 5.41) is 0.768. The summed E-state index contributed by atoms with van der Waals surface area (Å²) >= 11 is 5.75. The molecule has 21 heavy (non-hydrogen) atoms. The van der Waals surface area contributed by atoms with E-state index in [-0.39, 0.29) is 6.61 Å². The molecule has 1 aromatic heterocycles. The van der Waals surface area contributed by atoms with Crippen molar-refractivity contribution in [1.82, 2.24) is 9.71 Å². The molecule has 0 saturated carbocycles. The molecule has 0 radical (unpaired) electrons. The lowest BCUT2D eigenvalue weighted by atomic mass is 10.2. The highest BCUT2D eigenvalue weighted by atomic mass is 35.5. The number of amides is 2. The maximum absolute atomic E-state index is 12.5. The molecule has 0 unspecified atom stereocenters. The lowest BCUT2D eigenvalue weighted by molar-refractivity contribution is -0.137. The first-order valence-electron chi connectivity index (χ1n) is 5.37. The van der Waals surface area contributed by atoms with Crippen LogP contribution in [0.2, 0.25) is 5.15 Å². The number of nitrogens with zero attached hydrogens (tertiary/aromatic N) is 1. The SMILES string of the molecule is CCOC(=O)NSC(=O)Nc1cc(C(F)(F)F)cc(Cl)n1. The molecule has 1 heterocycles. The maximum atomic E-state index is 12.5. The Hall–Kier alpha value is -1.68. The normalized spacial score (nSPS) is 10.9. The van der Waals surface area contributed by atoms with Crippen LogP contribution < -0.4 is 10.0 Å². The molecule has 0 saturated heterocycles. The van der Waals surface area contributed by atoms with E-state index in [0.717, 1.165) is 0 Å². The van der Waals surface area contributed by atoms with E-state index in [0.29, 0.717) is 24.1 Å². The van der Waals surface area contributed by atoms with E-state index in [9.17, 15) is 22.8 Å². The summed E-state index contributed by atoms with van der Waals surface area (Å²) in [6, 6.07) is 1.25. The highest BCUT2D eigenvalue weighted by Gasteiger charge is 2.31. The van der Waals surface area contributed by atoms with Crippen LogP contribution in [0.3, 0.4) is 0 Å². The zero-order valence-corrected chi connectivity index (χ0v) is 12.0. The van der Waals surface area contributed by atoms with Gasteiger partial charge in [-0.1, -0.05) is 11.6 Å². The molecule has 116 valence electrons. The van der Waals surface area contributed by atoms with Gasteiger partial charge < -0.3 is 4.74 Å². The van der Waals surface area contributed by atoms with Crippen LogP contribution in [0.4, 0.5) is 28.6 Å². The first-order valence-corrected chi connectivity index (χ1v) is 6.57. The largest absolute Gasteiger partial charge is 0.449 e. The Kier molecular flexibility index (Phi) is 6.09. The van der Waals surface area contributed by atoms with E-state index in [2.05, 4.69) is 15.0 Å². The minimum atomic E-state index is -4.62. The van der Waals surface area contributed by atoms with Crippen molar-refractivity contribution >= 4 is 40.7 Å². The third kappa shape index (κ3) is 6.08. The second-order valence-electron chi connectivity index (χ2n) is 3.40. The van der Waals surface area contributed by atoms with Crippen molar-refractivity contribution in [3.05, 3.63) is 22.8 Å². The summed E-state index contributed by atoms with van der Waals surface area (Å²) < 4.78 is 44.2. The predicted octanol–water partition coefficient (Wildman–Crippen LogP) is 3.68. The number of pyridine rings is 1. The fraction of sp³-hybridized carbons (Fsp3) is 0.300. The fourth-order valence-electron chi connectivity index (χ4n) is 1.10. The van der Waals surface area contributed by atoms with Crippen molar-refractivity contribution in [2.45, 2.75) is 13.1 Å². The predicted molar refractivity (Wildman–Crippen MR) is 71.0 cm³/mol. The summed E-state index contributed by atoms with van der Waals surface area (Å²) in [6.45, 7) is 1.68. The summed E-state index contributed by atoms with van der Waals surface area (Å²) in [4.78, 5) is 25.9. The molecule has 1 aromatic rings. The number of hydrogen-bond donors (Lipinski definition) is 2. The Balaban J connectivity index is 2.68. The van der Waals surface area contributed by atoms with Crippen LogP contribution in [0.1, 0.15) is 12.5 Å². The van der Waals surface area contributed by atoms with Crippen LogP contribution in [0.5, 0.6) is 0 Å². The third-order valence-electron chi connectivity index (χ3n) is 1.85. The monoisotopic (exact) mass is 343 g/mol. The van der Waals surface area contributed by atoms with E-state index < -0.39 is 34.0 Å². The second-order valence-corrected chi connectivity index (χ2v) is 4.56. The molecule has 0 aliphatic heterocycles. The number of carbonyl (C=O) groups is 2.